The summed E-state index contributed by atoms with van der Waals surface area (Å²) in [6.45, 7) is 3.28. The number of amides is 1. The Morgan fingerprint density at radius 2 is 1.61 bits per heavy atom. The first-order valence-electron chi connectivity index (χ1n) is 15.6. The summed E-state index contributed by atoms with van der Waals surface area (Å²) in [4.78, 5) is 29.0. The minimum Gasteiger partial charge on any atom is -0.507 e. The molecule has 12 heteroatoms. The summed E-state index contributed by atoms with van der Waals surface area (Å²) >= 11 is 2.68. The molecule has 10 nitrogen and oxygen atoms in total. The van der Waals surface area contributed by atoms with E-state index >= 15 is 0 Å². The monoisotopic (exact) mass is 693 g/mol. The number of ether oxygens (including phenoxy) is 4. The second-order valence-corrected chi connectivity index (χ2v) is 13.2. The second-order valence-electron chi connectivity index (χ2n) is 11.1. The van der Waals surface area contributed by atoms with Crippen LogP contribution < -0.4 is 23.8 Å². The fraction of sp³-hybridized carbons (Fsp3) is 0.189. The Kier molecular flexibility index (Phi) is 9.49. The van der Waals surface area contributed by atoms with Gasteiger partial charge in [-0.25, -0.2) is 0 Å². The van der Waals surface area contributed by atoms with Gasteiger partial charge in [-0.3, -0.25) is 14.5 Å². The topological polar surface area (TPSA) is 120 Å². The lowest BCUT2D eigenvalue weighted by atomic mass is 9.95. The molecular formula is C37H31N3O7S2. The Hall–Kier alpha value is -5.33. The third-order valence-corrected chi connectivity index (χ3v) is 10.0. The van der Waals surface area contributed by atoms with Gasteiger partial charge >= 0.3 is 5.91 Å². The number of Topliss-reactive ketones (excluding diaryl/α,β-unsaturated/α-hetero) is 1. The molecule has 7 rings (SSSR count). The number of thioether (sulfide) groups is 1. The van der Waals surface area contributed by atoms with Crippen LogP contribution in [0.1, 0.15) is 35.2 Å². The minimum atomic E-state index is -1.05. The number of rotatable bonds is 11. The van der Waals surface area contributed by atoms with Crippen molar-refractivity contribution in [3.05, 3.63) is 125 Å². The summed E-state index contributed by atoms with van der Waals surface area (Å²) < 4.78 is 24.1. The van der Waals surface area contributed by atoms with Crippen LogP contribution in [0, 0.1) is 0 Å². The van der Waals surface area contributed by atoms with E-state index in [1.807, 2.05) is 67.6 Å². The SMILES string of the molecule is CCOc1cc(C2/C(=C(/O)c3ccc4c(c3)OCCO4)C(=O)C(=O)N2c2nnc(SCc3ccccc3)s2)ccc1OCc1ccccc1. The summed E-state index contributed by atoms with van der Waals surface area (Å²) in [6.07, 6.45) is 0. The van der Waals surface area contributed by atoms with E-state index in [1.165, 1.54) is 28.0 Å². The molecule has 4 aromatic carbocycles. The van der Waals surface area contributed by atoms with Crippen LogP contribution in [0.5, 0.6) is 23.0 Å². The van der Waals surface area contributed by atoms with Crippen LogP contribution in [-0.2, 0) is 21.9 Å². The standard InChI is InChI=1S/C37H31N3O7S2/c1-2-44-29-19-25(13-15-28(29)47-21-23-9-5-3-6-10-23)32-31(33(41)26-14-16-27-30(20-26)46-18-17-45-27)34(42)35(43)40(32)36-38-39-37(49-36)48-22-24-11-7-4-8-12-24/h3-16,19-20,32,41H,2,17-18,21-22H2,1H3/b33-31-. The Morgan fingerprint density at radius 3 is 2.37 bits per heavy atom. The molecule has 1 saturated heterocycles. The zero-order valence-corrected chi connectivity index (χ0v) is 28.0. The quantitative estimate of drug-likeness (QED) is 0.0500. The maximum atomic E-state index is 13.9. The van der Waals surface area contributed by atoms with Crippen molar-refractivity contribution in [1.82, 2.24) is 10.2 Å². The van der Waals surface area contributed by atoms with Crippen molar-refractivity contribution in [2.24, 2.45) is 0 Å². The van der Waals surface area contributed by atoms with Gasteiger partial charge in [-0.2, -0.15) is 0 Å². The first-order chi connectivity index (χ1) is 24.0. The lowest BCUT2D eigenvalue weighted by molar-refractivity contribution is -0.132. The first-order valence-corrected chi connectivity index (χ1v) is 17.4. The van der Waals surface area contributed by atoms with E-state index in [9.17, 15) is 14.7 Å². The maximum absolute atomic E-state index is 13.9. The highest BCUT2D eigenvalue weighted by molar-refractivity contribution is 8.00. The number of hydrogen-bond donors (Lipinski definition) is 1. The van der Waals surface area contributed by atoms with Crippen molar-refractivity contribution in [2.75, 3.05) is 24.7 Å². The number of carbonyl (C=O) groups is 2. The molecular weight excluding hydrogens is 663 g/mol. The first kappa shape index (κ1) is 32.2. The number of anilines is 1. The van der Waals surface area contributed by atoms with Crippen LogP contribution in [-0.4, -0.2) is 46.8 Å². The Labute approximate surface area is 290 Å². The summed E-state index contributed by atoms with van der Waals surface area (Å²) in [5, 5.41) is 20.6. The van der Waals surface area contributed by atoms with E-state index in [0.717, 1.165) is 11.1 Å². The van der Waals surface area contributed by atoms with Crippen molar-refractivity contribution in [1.29, 1.82) is 0 Å². The number of aliphatic hydroxyl groups is 1. The van der Waals surface area contributed by atoms with Crippen LogP contribution in [0.3, 0.4) is 0 Å². The zero-order valence-electron chi connectivity index (χ0n) is 26.4. The molecule has 1 N–H and O–H groups in total. The molecule has 49 heavy (non-hydrogen) atoms. The summed E-state index contributed by atoms with van der Waals surface area (Å²) in [5.74, 6) is 0.504. The van der Waals surface area contributed by atoms with Crippen LogP contribution >= 0.6 is 23.1 Å². The van der Waals surface area contributed by atoms with Crippen molar-refractivity contribution in [3.8, 4) is 23.0 Å². The molecule has 2 aliphatic heterocycles. The molecule has 0 bridgehead atoms. The van der Waals surface area contributed by atoms with Gasteiger partial charge in [0.25, 0.3) is 5.78 Å². The van der Waals surface area contributed by atoms with E-state index < -0.39 is 17.7 Å². The number of hydrogen-bond acceptors (Lipinski definition) is 11. The van der Waals surface area contributed by atoms with Crippen molar-refractivity contribution >= 4 is 45.7 Å². The number of ketones is 1. The van der Waals surface area contributed by atoms with Gasteiger partial charge in [0.1, 0.15) is 25.6 Å². The van der Waals surface area contributed by atoms with Gasteiger partial charge in [-0.05, 0) is 53.9 Å². The zero-order chi connectivity index (χ0) is 33.7. The largest absolute Gasteiger partial charge is 0.507 e. The average molecular weight is 694 g/mol. The number of aliphatic hydroxyl groups excluding tert-OH is 1. The Bertz CT molecular complexity index is 2020. The predicted molar refractivity (Wildman–Crippen MR) is 187 cm³/mol. The summed E-state index contributed by atoms with van der Waals surface area (Å²) in [7, 11) is 0. The molecule has 0 aliphatic carbocycles. The number of nitrogens with zero attached hydrogens (tertiary/aromatic N) is 3. The molecule has 1 fully saturated rings. The second kappa shape index (κ2) is 14.4. The molecule has 3 heterocycles. The average Bonchev–Trinajstić information content (AvgIpc) is 3.72. The molecule has 0 radical (unpaired) electrons. The highest BCUT2D eigenvalue weighted by Crippen LogP contribution is 2.46. The Balaban J connectivity index is 1.28. The third-order valence-electron chi connectivity index (χ3n) is 7.89. The van der Waals surface area contributed by atoms with Gasteiger partial charge in [0.15, 0.2) is 27.3 Å². The normalized spacial score (nSPS) is 16.5. The number of benzene rings is 4. The molecule has 0 saturated carbocycles. The molecule has 0 spiro atoms. The smallest absolute Gasteiger partial charge is 0.301 e. The lowest BCUT2D eigenvalue weighted by Crippen LogP contribution is -2.29. The van der Waals surface area contributed by atoms with Crippen molar-refractivity contribution in [2.45, 2.75) is 29.7 Å². The molecule has 1 unspecified atom stereocenters. The van der Waals surface area contributed by atoms with E-state index in [0.29, 0.717) is 70.6 Å². The molecule has 2 aliphatic rings. The van der Waals surface area contributed by atoms with Gasteiger partial charge < -0.3 is 24.1 Å². The molecule has 1 aromatic heterocycles. The number of carbonyl (C=O) groups excluding carboxylic acids is 2. The summed E-state index contributed by atoms with van der Waals surface area (Å²) in [5.41, 5.74) is 2.82. The van der Waals surface area contributed by atoms with E-state index in [-0.39, 0.29) is 16.5 Å². The fourth-order valence-electron chi connectivity index (χ4n) is 5.59. The fourth-order valence-corrected chi connectivity index (χ4v) is 7.41. The highest BCUT2D eigenvalue weighted by atomic mass is 32.2. The van der Waals surface area contributed by atoms with Gasteiger partial charge in [0.05, 0.1) is 18.2 Å². The molecule has 1 atom stereocenters. The number of fused-ring (bicyclic) bond motifs is 1. The van der Waals surface area contributed by atoms with Crippen LogP contribution in [0.2, 0.25) is 0 Å². The van der Waals surface area contributed by atoms with Crippen LogP contribution in [0.25, 0.3) is 5.76 Å². The minimum absolute atomic E-state index is 0.101. The molecule has 5 aromatic rings. The van der Waals surface area contributed by atoms with Crippen LogP contribution in [0.4, 0.5) is 5.13 Å². The van der Waals surface area contributed by atoms with Gasteiger partial charge in [-0.15, -0.1) is 10.2 Å². The third kappa shape index (κ3) is 6.83. The van der Waals surface area contributed by atoms with E-state index in [1.54, 1.807) is 36.4 Å². The number of aromatic nitrogens is 2. The highest BCUT2D eigenvalue weighted by Gasteiger charge is 2.48. The van der Waals surface area contributed by atoms with E-state index in [4.69, 9.17) is 18.9 Å². The van der Waals surface area contributed by atoms with Crippen molar-refractivity contribution in [3.63, 3.8) is 0 Å². The maximum Gasteiger partial charge on any atom is 0.301 e. The predicted octanol–water partition coefficient (Wildman–Crippen LogP) is 7.21. The molecule has 1 amide bonds. The summed E-state index contributed by atoms with van der Waals surface area (Å²) in [6, 6.07) is 28.8. The van der Waals surface area contributed by atoms with Gasteiger partial charge in [0.2, 0.25) is 5.13 Å². The molecule has 248 valence electrons. The van der Waals surface area contributed by atoms with Crippen LogP contribution in [0.15, 0.2) is 107 Å². The van der Waals surface area contributed by atoms with Crippen molar-refractivity contribution < 1.29 is 33.6 Å². The van der Waals surface area contributed by atoms with Gasteiger partial charge in [-0.1, -0.05) is 89.8 Å². The van der Waals surface area contributed by atoms with Gasteiger partial charge in [0, 0.05) is 11.3 Å². The lowest BCUT2D eigenvalue weighted by Gasteiger charge is -2.24. The van der Waals surface area contributed by atoms with E-state index in [2.05, 4.69) is 10.2 Å². The Morgan fingerprint density at radius 1 is 0.878 bits per heavy atom.